The molecule has 2 aromatic carbocycles. The predicted molar refractivity (Wildman–Crippen MR) is 104 cm³/mol. The molecule has 0 amide bonds. The number of rotatable bonds is 5. The first kappa shape index (κ1) is 18.8. The molecule has 0 spiro atoms. The van der Waals surface area contributed by atoms with Crippen molar-refractivity contribution < 1.29 is 9.18 Å². The third kappa shape index (κ3) is 3.90. The Balaban J connectivity index is 2.29. The lowest BCUT2D eigenvalue weighted by Crippen LogP contribution is -2.28. The molecule has 0 aliphatic heterocycles. The van der Waals surface area contributed by atoms with Crippen LogP contribution in [0.15, 0.2) is 53.3 Å². The maximum Gasteiger partial charge on any atom is 0.291 e. The van der Waals surface area contributed by atoms with Gasteiger partial charge in [-0.2, -0.15) is 5.10 Å². The van der Waals surface area contributed by atoms with Crippen LogP contribution in [0.25, 0.3) is 11.3 Å². The largest absolute Gasteiger partial charge is 0.350 e. The van der Waals surface area contributed by atoms with Gasteiger partial charge >= 0.3 is 0 Å². The number of aromatic nitrogens is 2. The second-order valence-electron chi connectivity index (χ2n) is 5.92. The van der Waals surface area contributed by atoms with Gasteiger partial charge in [-0.15, -0.1) is 0 Å². The number of Topliss-reactive ketones (excluding diaryl/α,β-unsaturated/α-hetero) is 1. The SMILES string of the molecule is CCn1nc(-c2cccc(F)c2)c(C(C)=O)c(Nc2cccc(Cl)c2)c1=O. The molecule has 1 aromatic heterocycles. The summed E-state index contributed by atoms with van der Waals surface area (Å²) in [6.07, 6.45) is 0. The van der Waals surface area contributed by atoms with E-state index in [0.717, 1.165) is 0 Å². The minimum atomic E-state index is -0.456. The average molecular weight is 386 g/mol. The Bertz CT molecular complexity index is 1080. The molecular weight excluding hydrogens is 369 g/mol. The van der Waals surface area contributed by atoms with Crippen LogP contribution in [0, 0.1) is 5.82 Å². The molecule has 138 valence electrons. The van der Waals surface area contributed by atoms with Crippen molar-refractivity contribution in [2.75, 3.05) is 5.32 Å². The number of carbonyl (C=O) groups excluding carboxylic acids is 1. The Morgan fingerprint density at radius 2 is 1.96 bits per heavy atom. The van der Waals surface area contributed by atoms with Crippen LogP contribution in [-0.4, -0.2) is 15.6 Å². The summed E-state index contributed by atoms with van der Waals surface area (Å²) in [5.41, 5.74) is 0.963. The van der Waals surface area contributed by atoms with Crippen LogP contribution in [0.4, 0.5) is 15.8 Å². The molecule has 0 unspecified atom stereocenters. The van der Waals surface area contributed by atoms with Gasteiger partial charge in [0.2, 0.25) is 0 Å². The van der Waals surface area contributed by atoms with Crippen LogP contribution in [0.5, 0.6) is 0 Å². The Morgan fingerprint density at radius 3 is 2.59 bits per heavy atom. The van der Waals surface area contributed by atoms with E-state index < -0.39 is 11.4 Å². The van der Waals surface area contributed by atoms with Gasteiger partial charge < -0.3 is 5.32 Å². The summed E-state index contributed by atoms with van der Waals surface area (Å²) in [4.78, 5) is 25.3. The molecule has 0 atom stereocenters. The molecule has 0 saturated heterocycles. The quantitative estimate of drug-likeness (QED) is 0.648. The van der Waals surface area contributed by atoms with Crippen LogP contribution in [-0.2, 0) is 6.54 Å². The number of nitrogens with one attached hydrogen (secondary N) is 1. The Kier molecular flexibility index (Phi) is 5.37. The summed E-state index contributed by atoms with van der Waals surface area (Å²) in [6.45, 7) is 3.41. The molecule has 0 fully saturated rings. The number of carbonyl (C=O) groups is 1. The molecule has 0 aliphatic rings. The van der Waals surface area contributed by atoms with Gasteiger partial charge in [0, 0.05) is 22.8 Å². The third-order valence-corrected chi connectivity index (χ3v) is 4.23. The second-order valence-corrected chi connectivity index (χ2v) is 6.36. The first-order valence-corrected chi connectivity index (χ1v) is 8.73. The van der Waals surface area contributed by atoms with Gasteiger partial charge in [0.1, 0.15) is 17.2 Å². The van der Waals surface area contributed by atoms with Crippen molar-refractivity contribution in [3.8, 4) is 11.3 Å². The van der Waals surface area contributed by atoms with E-state index in [9.17, 15) is 14.0 Å². The van der Waals surface area contributed by atoms with Crippen LogP contribution in [0.1, 0.15) is 24.2 Å². The van der Waals surface area contributed by atoms with Gasteiger partial charge in [-0.1, -0.05) is 29.8 Å². The third-order valence-electron chi connectivity index (χ3n) is 4.00. The van der Waals surface area contributed by atoms with E-state index in [2.05, 4.69) is 10.4 Å². The maximum absolute atomic E-state index is 13.7. The molecule has 5 nitrogen and oxygen atoms in total. The summed E-state index contributed by atoms with van der Waals surface area (Å²) >= 11 is 6.01. The molecule has 3 aromatic rings. The lowest BCUT2D eigenvalue weighted by Gasteiger charge is -2.16. The lowest BCUT2D eigenvalue weighted by atomic mass is 10.0. The maximum atomic E-state index is 13.7. The molecule has 0 saturated carbocycles. The zero-order chi connectivity index (χ0) is 19.6. The van der Waals surface area contributed by atoms with E-state index in [0.29, 0.717) is 22.8 Å². The number of anilines is 2. The van der Waals surface area contributed by atoms with Gasteiger partial charge in [0.05, 0.1) is 5.56 Å². The molecule has 1 heterocycles. The van der Waals surface area contributed by atoms with Gasteiger partial charge in [0.25, 0.3) is 5.56 Å². The number of nitrogens with zero attached hydrogens (tertiary/aromatic N) is 2. The fraction of sp³-hybridized carbons (Fsp3) is 0.150. The van der Waals surface area contributed by atoms with Crippen molar-refractivity contribution in [2.24, 2.45) is 0 Å². The number of halogens is 2. The van der Waals surface area contributed by atoms with E-state index >= 15 is 0 Å². The Hall–Kier alpha value is -2.99. The zero-order valence-electron chi connectivity index (χ0n) is 14.8. The highest BCUT2D eigenvalue weighted by molar-refractivity contribution is 6.30. The normalized spacial score (nSPS) is 10.7. The van der Waals surface area contributed by atoms with Gasteiger partial charge in [-0.05, 0) is 44.2 Å². The Labute approximate surface area is 160 Å². The predicted octanol–water partition coefficient (Wildman–Crippen LogP) is 4.67. The summed E-state index contributed by atoms with van der Waals surface area (Å²) in [5.74, 6) is -0.811. The van der Waals surface area contributed by atoms with Gasteiger partial charge in [0.15, 0.2) is 5.78 Å². The highest BCUT2D eigenvalue weighted by Crippen LogP contribution is 2.28. The number of hydrogen-bond acceptors (Lipinski definition) is 4. The first-order valence-electron chi connectivity index (χ1n) is 8.35. The van der Waals surface area contributed by atoms with Crippen LogP contribution < -0.4 is 10.9 Å². The molecule has 0 radical (unpaired) electrons. The van der Waals surface area contributed by atoms with E-state index in [4.69, 9.17) is 11.6 Å². The molecule has 0 bridgehead atoms. The molecule has 0 aliphatic carbocycles. The van der Waals surface area contributed by atoms with E-state index in [-0.39, 0.29) is 22.7 Å². The topological polar surface area (TPSA) is 64.0 Å². The summed E-state index contributed by atoms with van der Waals surface area (Å²) < 4.78 is 15.0. The van der Waals surface area contributed by atoms with Crippen LogP contribution in [0.3, 0.4) is 0 Å². The van der Waals surface area contributed by atoms with Crippen molar-refractivity contribution in [3.05, 3.63) is 75.3 Å². The smallest absolute Gasteiger partial charge is 0.291 e. The lowest BCUT2D eigenvalue weighted by molar-refractivity contribution is 0.101. The minimum absolute atomic E-state index is 0.0841. The monoisotopic (exact) mass is 385 g/mol. The van der Waals surface area contributed by atoms with E-state index in [1.54, 1.807) is 37.3 Å². The fourth-order valence-electron chi connectivity index (χ4n) is 2.79. The zero-order valence-corrected chi connectivity index (χ0v) is 15.5. The molecule has 27 heavy (non-hydrogen) atoms. The van der Waals surface area contributed by atoms with Crippen molar-refractivity contribution in [2.45, 2.75) is 20.4 Å². The minimum Gasteiger partial charge on any atom is -0.350 e. The van der Waals surface area contributed by atoms with Crippen molar-refractivity contribution in [1.82, 2.24) is 9.78 Å². The highest BCUT2D eigenvalue weighted by Gasteiger charge is 2.22. The van der Waals surface area contributed by atoms with Crippen molar-refractivity contribution >= 4 is 28.8 Å². The van der Waals surface area contributed by atoms with E-state index in [1.807, 2.05) is 0 Å². The standard InChI is InChI=1S/C20H17ClFN3O2/c1-3-25-20(27)19(23-16-9-5-7-14(21)11-16)17(12(2)26)18(24-25)13-6-4-8-15(22)10-13/h4-11,23H,3H2,1-2H3. The van der Waals surface area contributed by atoms with Crippen molar-refractivity contribution in [1.29, 1.82) is 0 Å². The van der Waals surface area contributed by atoms with Gasteiger partial charge in [-0.3, -0.25) is 9.59 Å². The van der Waals surface area contributed by atoms with E-state index in [1.165, 1.54) is 29.8 Å². The average Bonchev–Trinajstić information content (AvgIpc) is 2.63. The van der Waals surface area contributed by atoms with Gasteiger partial charge in [-0.25, -0.2) is 9.07 Å². The molecule has 7 heteroatoms. The number of ketones is 1. The molecular formula is C20H17ClFN3O2. The van der Waals surface area contributed by atoms with Crippen LogP contribution in [0.2, 0.25) is 5.02 Å². The Morgan fingerprint density at radius 1 is 1.22 bits per heavy atom. The van der Waals surface area contributed by atoms with Crippen LogP contribution >= 0.6 is 11.6 Å². The summed E-state index contributed by atoms with van der Waals surface area (Å²) in [5, 5.41) is 7.77. The number of benzene rings is 2. The number of hydrogen-bond donors (Lipinski definition) is 1. The highest BCUT2D eigenvalue weighted by atomic mass is 35.5. The molecule has 3 rings (SSSR count). The van der Waals surface area contributed by atoms with Crippen molar-refractivity contribution in [3.63, 3.8) is 0 Å². The fourth-order valence-corrected chi connectivity index (χ4v) is 2.98. The summed E-state index contributed by atoms with van der Waals surface area (Å²) in [7, 11) is 0. The molecule has 1 N–H and O–H groups in total. The second kappa shape index (κ2) is 7.72. The first-order chi connectivity index (χ1) is 12.9. The summed E-state index contributed by atoms with van der Waals surface area (Å²) in [6, 6.07) is 12.6. The number of aryl methyl sites for hydroxylation is 1.